The first-order chi connectivity index (χ1) is 13.7. The Hall–Kier alpha value is -3.42. The number of fused-ring (bicyclic) bond motifs is 1. The first-order valence-electron chi connectivity index (χ1n) is 9.50. The van der Waals surface area contributed by atoms with E-state index < -0.39 is 0 Å². The SMILES string of the molecule is CCCn1c(-n2cccn2)nc2c(N)nc(NCC(C)c3ccccc3)nc21. The zero-order valence-corrected chi connectivity index (χ0v) is 16.1. The van der Waals surface area contributed by atoms with Crippen molar-refractivity contribution in [1.82, 2.24) is 29.3 Å². The van der Waals surface area contributed by atoms with Gasteiger partial charge >= 0.3 is 0 Å². The maximum Gasteiger partial charge on any atom is 0.233 e. The molecule has 0 saturated heterocycles. The molecule has 3 N–H and O–H groups in total. The molecule has 28 heavy (non-hydrogen) atoms. The molecule has 8 nitrogen and oxygen atoms in total. The summed E-state index contributed by atoms with van der Waals surface area (Å²) in [4.78, 5) is 13.8. The van der Waals surface area contributed by atoms with Gasteiger partial charge in [-0.15, -0.1) is 0 Å². The van der Waals surface area contributed by atoms with Crippen LogP contribution in [0, 0.1) is 0 Å². The highest BCUT2D eigenvalue weighted by Crippen LogP contribution is 2.23. The molecule has 4 aromatic rings. The van der Waals surface area contributed by atoms with E-state index in [0.29, 0.717) is 35.7 Å². The molecule has 0 aliphatic rings. The zero-order valence-electron chi connectivity index (χ0n) is 16.1. The summed E-state index contributed by atoms with van der Waals surface area (Å²) in [5, 5.41) is 7.62. The summed E-state index contributed by atoms with van der Waals surface area (Å²) in [7, 11) is 0. The molecule has 0 amide bonds. The average Bonchev–Trinajstić information content (AvgIpc) is 3.36. The number of hydrogen-bond donors (Lipinski definition) is 2. The van der Waals surface area contributed by atoms with Crippen LogP contribution in [0.2, 0.25) is 0 Å². The molecule has 144 valence electrons. The Labute approximate surface area is 163 Å². The van der Waals surface area contributed by atoms with E-state index in [9.17, 15) is 0 Å². The van der Waals surface area contributed by atoms with E-state index in [-0.39, 0.29) is 0 Å². The standard InChI is InChI=1S/C20H24N8/c1-3-11-27-18-16(24-20(27)28-12-7-10-23-28)17(21)25-19(26-18)22-13-14(2)15-8-5-4-6-9-15/h4-10,12,14H,3,11,13H2,1-2H3,(H3,21,22,25,26). The van der Waals surface area contributed by atoms with Crippen LogP contribution in [0.4, 0.5) is 11.8 Å². The molecular weight excluding hydrogens is 352 g/mol. The first-order valence-corrected chi connectivity index (χ1v) is 9.50. The minimum Gasteiger partial charge on any atom is -0.382 e. The fourth-order valence-corrected chi connectivity index (χ4v) is 3.22. The maximum absolute atomic E-state index is 6.21. The van der Waals surface area contributed by atoms with Gasteiger partial charge in [0, 0.05) is 25.5 Å². The number of hydrogen-bond acceptors (Lipinski definition) is 6. The third-order valence-corrected chi connectivity index (χ3v) is 4.69. The van der Waals surface area contributed by atoms with Crippen LogP contribution in [0.25, 0.3) is 17.1 Å². The fraction of sp³-hybridized carbons (Fsp3) is 0.300. The largest absolute Gasteiger partial charge is 0.382 e. The molecule has 1 aromatic carbocycles. The van der Waals surface area contributed by atoms with Gasteiger partial charge in [-0.1, -0.05) is 44.2 Å². The van der Waals surface area contributed by atoms with E-state index in [0.717, 1.165) is 18.6 Å². The third kappa shape index (κ3) is 3.40. The van der Waals surface area contributed by atoms with E-state index in [1.807, 2.05) is 35.0 Å². The van der Waals surface area contributed by atoms with Gasteiger partial charge in [-0.25, -0.2) is 9.67 Å². The molecule has 8 heteroatoms. The van der Waals surface area contributed by atoms with Gasteiger partial charge < -0.3 is 11.1 Å². The minimum atomic E-state index is 0.321. The number of rotatable bonds is 7. The van der Waals surface area contributed by atoms with E-state index in [4.69, 9.17) is 10.7 Å². The number of anilines is 2. The average molecular weight is 376 g/mol. The summed E-state index contributed by atoms with van der Waals surface area (Å²) in [6, 6.07) is 12.2. The monoisotopic (exact) mass is 376 g/mol. The highest BCUT2D eigenvalue weighted by molar-refractivity contribution is 5.84. The lowest BCUT2D eigenvalue weighted by atomic mass is 10.0. The van der Waals surface area contributed by atoms with Gasteiger partial charge in [0.1, 0.15) is 0 Å². The van der Waals surface area contributed by atoms with Crippen LogP contribution in [0.3, 0.4) is 0 Å². The van der Waals surface area contributed by atoms with Crippen molar-refractivity contribution in [2.24, 2.45) is 0 Å². The number of nitrogen functional groups attached to an aromatic ring is 1. The van der Waals surface area contributed by atoms with Crippen molar-refractivity contribution in [3.8, 4) is 5.95 Å². The van der Waals surface area contributed by atoms with Gasteiger partial charge in [0.25, 0.3) is 0 Å². The van der Waals surface area contributed by atoms with Crippen LogP contribution < -0.4 is 11.1 Å². The van der Waals surface area contributed by atoms with Crippen LogP contribution in [0.1, 0.15) is 31.7 Å². The molecule has 0 spiro atoms. The van der Waals surface area contributed by atoms with Crippen LogP contribution in [-0.2, 0) is 6.54 Å². The van der Waals surface area contributed by atoms with Crippen molar-refractivity contribution in [3.05, 3.63) is 54.4 Å². The van der Waals surface area contributed by atoms with Crippen molar-refractivity contribution < 1.29 is 0 Å². The second kappa shape index (κ2) is 7.67. The second-order valence-electron chi connectivity index (χ2n) is 6.81. The van der Waals surface area contributed by atoms with Crippen LogP contribution in [-0.4, -0.2) is 35.8 Å². The smallest absolute Gasteiger partial charge is 0.233 e. The molecule has 0 aliphatic heterocycles. The van der Waals surface area contributed by atoms with Gasteiger partial charge in [0.2, 0.25) is 11.9 Å². The fourth-order valence-electron chi connectivity index (χ4n) is 3.22. The lowest BCUT2D eigenvalue weighted by Gasteiger charge is -2.13. The molecule has 0 aliphatic carbocycles. The molecular formula is C20H24N8. The normalized spacial score (nSPS) is 12.4. The molecule has 3 heterocycles. The quantitative estimate of drug-likeness (QED) is 0.514. The van der Waals surface area contributed by atoms with Crippen molar-refractivity contribution in [1.29, 1.82) is 0 Å². The number of nitrogens with two attached hydrogens (primary N) is 1. The highest BCUT2D eigenvalue weighted by Gasteiger charge is 2.18. The molecule has 0 bridgehead atoms. The molecule has 0 radical (unpaired) electrons. The Morgan fingerprint density at radius 2 is 1.93 bits per heavy atom. The van der Waals surface area contributed by atoms with Crippen molar-refractivity contribution in [2.75, 3.05) is 17.6 Å². The van der Waals surface area contributed by atoms with E-state index in [1.165, 1.54) is 5.56 Å². The zero-order chi connectivity index (χ0) is 19.5. The Bertz CT molecular complexity index is 1050. The predicted molar refractivity (Wildman–Crippen MR) is 110 cm³/mol. The Morgan fingerprint density at radius 1 is 1.11 bits per heavy atom. The van der Waals surface area contributed by atoms with Crippen LogP contribution in [0.15, 0.2) is 48.8 Å². The number of aromatic nitrogens is 6. The summed E-state index contributed by atoms with van der Waals surface area (Å²) in [6.07, 6.45) is 4.53. The number of nitrogens with one attached hydrogen (secondary N) is 1. The molecule has 3 aromatic heterocycles. The Kier molecular flexibility index (Phi) is 4.92. The molecule has 0 fully saturated rings. The first kappa shape index (κ1) is 18.0. The summed E-state index contributed by atoms with van der Waals surface area (Å²) in [6.45, 7) is 5.76. The molecule has 4 rings (SSSR count). The summed E-state index contributed by atoms with van der Waals surface area (Å²) < 4.78 is 3.76. The van der Waals surface area contributed by atoms with Gasteiger partial charge in [-0.2, -0.15) is 15.1 Å². The van der Waals surface area contributed by atoms with Crippen LogP contribution in [0.5, 0.6) is 0 Å². The van der Waals surface area contributed by atoms with Gasteiger partial charge in [-0.3, -0.25) is 4.57 Å². The van der Waals surface area contributed by atoms with Crippen molar-refractivity contribution in [2.45, 2.75) is 32.7 Å². The van der Waals surface area contributed by atoms with Gasteiger partial charge in [-0.05, 0) is 24.0 Å². The van der Waals surface area contributed by atoms with E-state index >= 15 is 0 Å². The van der Waals surface area contributed by atoms with Crippen LogP contribution >= 0.6 is 0 Å². The number of benzene rings is 1. The lowest BCUT2D eigenvalue weighted by molar-refractivity contribution is 0.647. The number of aryl methyl sites for hydroxylation is 1. The van der Waals surface area contributed by atoms with E-state index in [2.05, 4.69) is 46.4 Å². The van der Waals surface area contributed by atoms with E-state index in [1.54, 1.807) is 10.9 Å². The van der Waals surface area contributed by atoms with Gasteiger partial charge in [0.15, 0.2) is 17.0 Å². The Balaban J connectivity index is 1.66. The predicted octanol–water partition coefficient (Wildman–Crippen LogP) is 3.22. The second-order valence-corrected chi connectivity index (χ2v) is 6.81. The Morgan fingerprint density at radius 3 is 2.64 bits per heavy atom. The minimum absolute atomic E-state index is 0.321. The summed E-state index contributed by atoms with van der Waals surface area (Å²) in [5.41, 5.74) is 8.79. The highest BCUT2D eigenvalue weighted by atomic mass is 15.4. The van der Waals surface area contributed by atoms with Crippen molar-refractivity contribution in [3.63, 3.8) is 0 Å². The lowest BCUT2D eigenvalue weighted by Crippen LogP contribution is -2.13. The topological polar surface area (TPSA) is 99.5 Å². The van der Waals surface area contributed by atoms with Gasteiger partial charge in [0.05, 0.1) is 0 Å². The van der Waals surface area contributed by atoms with Crippen molar-refractivity contribution >= 4 is 22.9 Å². The summed E-state index contributed by atoms with van der Waals surface area (Å²) >= 11 is 0. The number of imidazole rings is 1. The molecule has 1 atom stereocenters. The number of nitrogens with zero attached hydrogens (tertiary/aromatic N) is 6. The molecule has 1 unspecified atom stereocenters. The maximum atomic E-state index is 6.21. The third-order valence-electron chi connectivity index (χ3n) is 4.69. The molecule has 0 saturated carbocycles. The summed E-state index contributed by atoms with van der Waals surface area (Å²) in [5.74, 6) is 1.89.